The third-order valence-corrected chi connectivity index (χ3v) is 5.62. The topological polar surface area (TPSA) is 71.1 Å². The highest BCUT2D eigenvalue weighted by Crippen LogP contribution is 2.27. The lowest BCUT2D eigenvalue weighted by atomic mass is 9.80. The maximum absolute atomic E-state index is 12.3. The van der Waals surface area contributed by atoms with Gasteiger partial charge in [-0.1, -0.05) is 32.4 Å². The maximum atomic E-state index is 12.3. The lowest BCUT2D eigenvalue weighted by Gasteiger charge is -2.36. The normalized spacial score (nSPS) is 18.0. The Balaban J connectivity index is 1.38. The molecule has 0 aliphatic heterocycles. The number of aromatic nitrogens is 1. The number of carbonyl (C=O) groups is 2. The fourth-order valence-corrected chi connectivity index (χ4v) is 3.64. The molecule has 0 radical (unpaired) electrons. The summed E-state index contributed by atoms with van der Waals surface area (Å²) < 4.78 is 0. The van der Waals surface area contributed by atoms with Crippen LogP contribution >= 0.6 is 0 Å². The largest absolute Gasteiger partial charge is 0.352 e. The fourth-order valence-electron chi connectivity index (χ4n) is 3.64. The molecule has 1 aromatic carbocycles. The lowest BCUT2D eigenvalue weighted by molar-refractivity contribution is 0.0863. The van der Waals surface area contributed by atoms with Crippen LogP contribution in [0.4, 0.5) is 0 Å². The summed E-state index contributed by atoms with van der Waals surface area (Å²) in [5, 5.41) is 6.09. The zero-order chi connectivity index (χ0) is 20.6. The molecule has 0 atom stereocenters. The minimum atomic E-state index is -0.0663. The minimum absolute atomic E-state index is 0.0259. The number of benzene rings is 1. The van der Waals surface area contributed by atoms with Gasteiger partial charge in [0.25, 0.3) is 11.8 Å². The Labute approximate surface area is 173 Å². The van der Waals surface area contributed by atoms with Crippen LogP contribution < -0.4 is 10.6 Å². The quantitative estimate of drug-likeness (QED) is 0.678. The summed E-state index contributed by atoms with van der Waals surface area (Å²) in [5.41, 5.74) is 3.66. The smallest absolute Gasteiger partial charge is 0.253 e. The molecule has 1 saturated carbocycles. The summed E-state index contributed by atoms with van der Waals surface area (Å²) in [7, 11) is 0. The van der Waals surface area contributed by atoms with E-state index in [1.165, 1.54) is 18.4 Å². The van der Waals surface area contributed by atoms with E-state index in [-0.39, 0.29) is 17.9 Å². The van der Waals surface area contributed by atoms with Gasteiger partial charge in [-0.05, 0) is 67.3 Å². The Morgan fingerprint density at radius 3 is 2.45 bits per heavy atom. The van der Waals surface area contributed by atoms with Crippen molar-refractivity contribution in [1.29, 1.82) is 0 Å². The van der Waals surface area contributed by atoms with Crippen LogP contribution in [0.15, 0.2) is 42.7 Å². The molecular weight excluding hydrogens is 362 g/mol. The van der Waals surface area contributed by atoms with Crippen molar-refractivity contribution in [2.75, 3.05) is 6.54 Å². The van der Waals surface area contributed by atoms with Crippen LogP contribution in [0, 0.1) is 5.92 Å². The number of unbranched alkanes of at least 4 members (excludes halogenated alkanes) is 1. The molecule has 0 saturated heterocycles. The second-order valence-corrected chi connectivity index (χ2v) is 7.95. The third kappa shape index (κ3) is 5.89. The van der Waals surface area contributed by atoms with Gasteiger partial charge in [-0.2, -0.15) is 0 Å². The van der Waals surface area contributed by atoms with Crippen molar-refractivity contribution in [3.63, 3.8) is 0 Å². The number of rotatable bonds is 9. The first-order valence-corrected chi connectivity index (χ1v) is 10.7. The van der Waals surface area contributed by atoms with E-state index < -0.39 is 0 Å². The van der Waals surface area contributed by atoms with Gasteiger partial charge in [0.2, 0.25) is 0 Å². The number of hydrogen-bond acceptors (Lipinski definition) is 3. The maximum Gasteiger partial charge on any atom is 0.253 e. The number of nitrogens with zero attached hydrogens (tertiary/aromatic N) is 1. The van der Waals surface area contributed by atoms with Crippen LogP contribution in [-0.4, -0.2) is 29.4 Å². The average molecular weight is 394 g/mol. The van der Waals surface area contributed by atoms with Crippen LogP contribution in [0.25, 0.3) is 0 Å². The van der Waals surface area contributed by atoms with Gasteiger partial charge in [0, 0.05) is 30.5 Å². The number of pyridine rings is 1. The Hall–Kier alpha value is -2.69. The molecule has 1 aliphatic rings. The van der Waals surface area contributed by atoms with E-state index in [0.29, 0.717) is 23.6 Å². The summed E-state index contributed by atoms with van der Waals surface area (Å²) in [6.45, 7) is 4.87. The zero-order valence-corrected chi connectivity index (χ0v) is 17.4. The van der Waals surface area contributed by atoms with Crippen molar-refractivity contribution in [2.24, 2.45) is 5.92 Å². The SMILES string of the molecule is CCCCc1ccc(C(=O)NCC2CC(NC(=O)c3cncc(CC)c3)C2)cc1. The van der Waals surface area contributed by atoms with E-state index in [2.05, 4.69) is 22.5 Å². The van der Waals surface area contributed by atoms with Crippen LogP contribution in [0.2, 0.25) is 0 Å². The van der Waals surface area contributed by atoms with Crippen LogP contribution in [0.1, 0.15) is 71.4 Å². The minimum Gasteiger partial charge on any atom is -0.352 e. The fraction of sp³-hybridized carbons (Fsp3) is 0.458. The molecule has 0 spiro atoms. The summed E-state index contributed by atoms with van der Waals surface area (Å²) in [5.74, 6) is 0.318. The Morgan fingerprint density at radius 2 is 1.76 bits per heavy atom. The highest BCUT2D eigenvalue weighted by atomic mass is 16.2. The van der Waals surface area contributed by atoms with Gasteiger partial charge in [-0.25, -0.2) is 0 Å². The molecule has 2 aromatic rings. The van der Waals surface area contributed by atoms with E-state index in [1.54, 1.807) is 12.4 Å². The monoisotopic (exact) mass is 393 g/mol. The molecule has 1 fully saturated rings. The van der Waals surface area contributed by atoms with Crippen molar-refractivity contribution in [3.05, 3.63) is 65.0 Å². The molecule has 3 rings (SSSR count). The number of carbonyl (C=O) groups excluding carboxylic acids is 2. The predicted octanol–water partition coefficient (Wildman–Crippen LogP) is 3.93. The molecule has 5 nitrogen and oxygen atoms in total. The average Bonchev–Trinajstić information content (AvgIpc) is 2.73. The molecule has 0 unspecified atom stereocenters. The Kier molecular flexibility index (Phi) is 7.39. The van der Waals surface area contributed by atoms with Crippen molar-refractivity contribution < 1.29 is 9.59 Å². The van der Waals surface area contributed by atoms with E-state index in [0.717, 1.165) is 31.2 Å². The highest BCUT2D eigenvalue weighted by Gasteiger charge is 2.30. The molecule has 5 heteroatoms. The van der Waals surface area contributed by atoms with E-state index in [9.17, 15) is 9.59 Å². The van der Waals surface area contributed by atoms with Crippen molar-refractivity contribution in [3.8, 4) is 0 Å². The zero-order valence-electron chi connectivity index (χ0n) is 17.4. The second-order valence-electron chi connectivity index (χ2n) is 7.95. The summed E-state index contributed by atoms with van der Waals surface area (Å²) >= 11 is 0. The summed E-state index contributed by atoms with van der Waals surface area (Å²) in [6, 6.07) is 9.97. The van der Waals surface area contributed by atoms with Gasteiger partial charge in [0.05, 0.1) is 5.56 Å². The second kappa shape index (κ2) is 10.2. The van der Waals surface area contributed by atoms with E-state index in [4.69, 9.17) is 0 Å². The van der Waals surface area contributed by atoms with E-state index in [1.807, 2.05) is 37.3 Å². The first-order valence-electron chi connectivity index (χ1n) is 10.7. The molecule has 1 heterocycles. The lowest BCUT2D eigenvalue weighted by Crippen LogP contribution is -2.47. The van der Waals surface area contributed by atoms with Gasteiger partial charge >= 0.3 is 0 Å². The van der Waals surface area contributed by atoms with E-state index >= 15 is 0 Å². The number of amides is 2. The molecule has 2 amide bonds. The first-order chi connectivity index (χ1) is 14.1. The van der Waals surface area contributed by atoms with Gasteiger partial charge in [-0.15, -0.1) is 0 Å². The predicted molar refractivity (Wildman–Crippen MR) is 115 cm³/mol. The van der Waals surface area contributed by atoms with Crippen molar-refractivity contribution >= 4 is 11.8 Å². The highest BCUT2D eigenvalue weighted by molar-refractivity contribution is 5.94. The van der Waals surface area contributed by atoms with Crippen LogP contribution in [-0.2, 0) is 12.8 Å². The van der Waals surface area contributed by atoms with Gasteiger partial charge < -0.3 is 10.6 Å². The summed E-state index contributed by atoms with van der Waals surface area (Å²) in [4.78, 5) is 28.8. The molecule has 0 bridgehead atoms. The first kappa shape index (κ1) is 21.0. The van der Waals surface area contributed by atoms with Gasteiger partial charge in [0.1, 0.15) is 0 Å². The van der Waals surface area contributed by atoms with Crippen LogP contribution in [0.5, 0.6) is 0 Å². The van der Waals surface area contributed by atoms with Crippen LogP contribution in [0.3, 0.4) is 0 Å². The molecule has 154 valence electrons. The van der Waals surface area contributed by atoms with Gasteiger partial charge in [0.15, 0.2) is 0 Å². The molecular formula is C24H31N3O2. The van der Waals surface area contributed by atoms with Gasteiger partial charge in [-0.3, -0.25) is 14.6 Å². The Morgan fingerprint density at radius 1 is 1.00 bits per heavy atom. The number of aryl methyl sites for hydroxylation is 2. The third-order valence-electron chi connectivity index (χ3n) is 5.62. The molecule has 2 N–H and O–H groups in total. The standard InChI is InChI=1S/C24H31N3O2/c1-3-5-6-18-7-9-20(10-8-18)23(28)26-15-19-12-22(13-19)27-24(29)21-11-17(4-2)14-25-16-21/h7-11,14,16,19,22H,3-6,12-13,15H2,1-2H3,(H,26,28)(H,27,29). The Bertz CT molecular complexity index is 826. The number of hydrogen-bond donors (Lipinski definition) is 2. The van der Waals surface area contributed by atoms with Crippen molar-refractivity contribution in [1.82, 2.24) is 15.6 Å². The molecule has 1 aromatic heterocycles. The van der Waals surface area contributed by atoms with Crippen molar-refractivity contribution in [2.45, 2.75) is 58.4 Å². The number of nitrogens with one attached hydrogen (secondary N) is 2. The molecule has 1 aliphatic carbocycles. The molecule has 29 heavy (non-hydrogen) atoms. The summed E-state index contributed by atoms with van der Waals surface area (Å²) in [6.07, 6.45) is 9.45.